The number of benzene rings is 2. The van der Waals surface area contributed by atoms with Crippen LogP contribution in [0.15, 0.2) is 61.2 Å². The lowest BCUT2D eigenvalue weighted by Gasteiger charge is -2.12. The molecule has 0 aliphatic heterocycles. The fourth-order valence-electron chi connectivity index (χ4n) is 2.37. The first kappa shape index (κ1) is 15.7. The number of aromatic nitrogens is 3. The molecule has 0 radical (unpaired) electrons. The van der Waals surface area contributed by atoms with Gasteiger partial charge in [-0.25, -0.2) is 9.67 Å². The summed E-state index contributed by atoms with van der Waals surface area (Å²) >= 11 is 0. The molecule has 0 spiro atoms. The molecule has 0 N–H and O–H groups in total. The van der Waals surface area contributed by atoms with Gasteiger partial charge < -0.3 is 4.74 Å². The van der Waals surface area contributed by atoms with Crippen LogP contribution in [0.25, 0.3) is 0 Å². The van der Waals surface area contributed by atoms with Gasteiger partial charge in [0.15, 0.2) is 0 Å². The summed E-state index contributed by atoms with van der Waals surface area (Å²) in [4.78, 5) is 14.5. The molecule has 0 saturated heterocycles. The van der Waals surface area contributed by atoms with E-state index in [-0.39, 0.29) is 5.69 Å². The second-order valence-corrected chi connectivity index (χ2v) is 5.22. The molecule has 3 rings (SSSR count). The Labute approximate surface area is 138 Å². The molecule has 3 aromatic rings. The van der Waals surface area contributed by atoms with E-state index in [4.69, 9.17) is 4.74 Å². The Morgan fingerprint density at radius 1 is 1.17 bits per heavy atom. The summed E-state index contributed by atoms with van der Waals surface area (Å²) in [7, 11) is 0. The molecule has 0 aliphatic carbocycles. The lowest BCUT2D eigenvalue weighted by atomic mass is 10.0. The lowest BCUT2D eigenvalue weighted by Crippen LogP contribution is -2.09. The smallest absolute Gasteiger partial charge is 0.269 e. The van der Waals surface area contributed by atoms with E-state index in [1.165, 1.54) is 12.4 Å². The molecular weight excluding hydrogens is 308 g/mol. The van der Waals surface area contributed by atoms with E-state index in [1.54, 1.807) is 23.1 Å². The van der Waals surface area contributed by atoms with Gasteiger partial charge in [-0.15, -0.1) is 0 Å². The maximum atomic E-state index is 11.0. The van der Waals surface area contributed by atoms with Crippen molar-refractivity contribution in [2.75, 3.05) is 6.61 Å². The number of hydrogen-bond acceptors (Lipinski definition) is 5. The van der Waals surface area contributed by atoms with Crippen LogP contribution in [0.2, 0.25) is 0 Å². The Morgan fingerprint density at radius 2 is 2.00 bits per heavy atom. The van der Waals surface area contributed by atoms with E-state index in [2.05, 4.69) is 10.1 Å². The Hall–Kier alpha value is -3.22. The standard InChI is InChI=1S/C17H16N4O3/c22-21(23)16-6-7-17(24-9-8-20-13-18-12-19-20)15(11-16)10-14-4-2-1-3-5-14/h1-7,11-13H,8-10H2. The van der Waals surface area contributed by atoms with Crippen molar-refractivity contribution in [1.82, 2.24) is 14.8 Å². The number of rotatable bonds is 7. The number of nitro benzene ring substituents is 1. The quantitative estimate of drug-likeness (QED) is 0.493. The van der Waals surface area contributed by atoms with Gasteiger partial charge in [0, 0.05) is 24.1 Å². The monoisotopic (exact) mass is 324 g/mol. The topological polar surface area (TPSA) is 83.1 Å². The van der Waals surface area contributed by atoms with Gasteiger partial charge in [-0.3, -0.25) is 10.1 Å². The summed E-state index contributed by atoms with van der Waals surface area (Å²) in [6.45, 7) is 0.963. The zero-order chi connectivity index (χ0) is 16.8. The highest BCUT2D eigenvalue weighted by atomic mass is 16.6. The molecule has 7 nitrogen and oxygen atoms in total. The highest BCUT2D eigenvalue weighted by Gasteiger charge is 2.12. The van der Waals surface area contributed by atoms with Crippen molar-refractivity contribution >= 4 is 5.69 Å². The van der Waals surface area contributed by atoms with Gasteiger partial charge in [0.1, 0.15) is 25.0 Å². The molecule has 24 heavy (non-hydrogen) atoms. The molecule has 122 valence electrons. The number of ether oxygens (including phenoxy) is 1. The SMILES string of the molecule is O=[N+]([O-])c1ccc(OCCn2cncn2)c(Cc2ccccc2)c1. The summed E-state index contributed by atoms with van der Waals surface area (Å²) in [6, 6.07) is 14.5. The van der Waals surface area contributed by atoms with Gasteiger partial charge in [-0.1, -0.05) is 30.3 Å². The molecule has 2 aromatic carbocycles. The Kier molecular flexibility index (Phi) is 4.81. The van der Waals surface area contributed by atoms with Crippen LogP contribution in [0, 0.1) is 10.1 Å². The first-order valence-electron chi connectivity index (χ1n) is 7.49. The number of nitrogens with zero attached hydrogens (tertiary/aromatic N) is 4. The highest BCUT2D eigenvalue weighted by molar-refractivity contribution is 5.46. The average Bonchev–Trinajstić information content (AvgIpc) is 3.10. The fourth-order valence-corrected chi connectivity index (χ4v) is 2.37. The summed E-state index contributed by atoms with van der Waals surface area (Å²) in [6.07, 6.45) is 3.65. The first-order valence-corrected chi connectivity index (χ1v) is 7.49. The van der Waals surface area contributed by atoms with E-state index in [9.17, 15) is 10.1 Å². The average molecular weight is 324 g/mol. The number of non-ortho nitro benzene ring substituents is 1. The van der Waals surface area contributed by atoms with E-state index < -0.39 is 4.92 Å². The Balaban J connectivity index is 1.77. The van der Waals surface area contributed by atoms with E-state index in [0.717, 1.165) is 11.1 Å². The molecule has 0 aliphatic rings. The minimum absolute atomic E-state index is 0.0598. The van der Waals surface area contributed by atoms with Gasteiger partial charge in [-0.05, 0) is 11.6 Å². The van der Waals surface area contributed by atoms with Crippen molar-refractivity contribution in [2.45, 2.75) is 13.0 Å². The summed E-state index contributed by atoms with van der Waals surface area (Å²) in [5.74, 6) is 0.643. The van der Waals surface area contributed by atoms with Crippen LogP contribution < -0.4 is 4.74 Å². The van der Waals surface area contributed by atoms with Gasteiger partial charge in [-0.2, -0.15) is 5.10 Å². The van der Waals surface area contributed by atoms with Crippen molar-refractivity contribution in [3.05, 3.63) is 82.4 Å². The maximum absolute atomic E-state index is 11.0. The molecule has 1 aromatic heterocycles. The van der Waals surface area contributed by atoms with E-state index in [0.29, 0.717) is 25.3 Å². The van der Waals surface area contributed by atoms with Crippen LogP contribution in [0.4, 0.5) is 5.69 Å². The third kappa shape index (κ3) is 3.95. The molecule has 0 fully saturated rings. The predicted molar refractivity (Wildman–Crippen MR) is 87.9 cm³/mol. The van der Waals surface area contributed by atoms with Crippen molar-refractivity contribution in [3.8, 4) is 5.75 Å². The Bertz CT molecular complexity index is 804. The molecule has 1 heterocycles. The molecule has 0 unspecified atom stereocenters. The molecule has 0 amide bonds. The largest absolute Gasteiger partial charge is 0.491 e. The fraction of sp³-hybridized carbons (Fsp3) is 0.176. The van der Waals surface area contributed by atoms with Crippen molar-refractivity contribution < 1.29 is 9.66 Å². The molecule has 0 saturated carbocycles. The van der Waals surface area contributed by atoms with Crippen LogP contribution in [0.5, 0.6) is 5.75 Å². The normalized spacial score (nSPS) is 10.5. The lowest BCUT2D eigenvalue weighted by molar-refractivity contribution is -0.384. The van der Waals surface area contributed by atoms with Gasteiger partial charge in [0.25, 0.3) is 5.69 Å². The van der Waals surface area contributed by atoms with Crippen LogP contribution >= 0.6 is 0 Å². The van der Waals surface area contributed by atoms with Crippen LogP contribution in [-0.4, -0.2) is 26.3 Å². The first-order chi connectivity index (χ1) is 11.7. The van der Waals surface area contributed by atoms with E-state index >= 15 is 0 Å². The van der Waals surface area contributed by atoms with Crippen LogP contribution in [-0.2, 0) is 13.0 Å². The van der Waals surface area contributed by atoms with Gasteiger partial charge in [0.05, 0.1) is 11.5 Å². The summed E-state index contributed by atoms with van der Waals surface area (Å²) in [5, 5.41) is 15.0. The summed E-state index contributed by atoms with van der Waals surface area (Å²) < 4.78 is 7.48. The minimum Gasteiger partial charge on any atom is -0.491 e. The van der Waals surface area contributed by atoms with Crippen molar-refractivity contribution in [2.24, 2.45) is 0 Å². The van der Waals surface area contributed by atoms with Crippen molar-refractivity contribution in [3.63, 3.8) is 0 Å². The molecule has 0 bridgehead atoms. The third-order valence-corrected chi connectivity index (χ3v) is 3.54. The summed E-state index contributed by atoms with van der Waals surface area (Å²) in [5.41, 5.74) is 1.91. The maximum Gasteiger partial charge on any atom is 0.269 e. The van der Waals surface area contributed by atoms with Crippen LogP contribution in [0.1, 0.15) is 11.1 Å². The zero-order valence-corrected chi connectivity index (χ0v) is 12.9. The minimum atomic E-state index is -0.395. The van der Waals surface area contributed by atoms with Gasteiger partial charge in [0.2, 0.25) is 0 Å². The van der Waals surface area contributed by atoms with Crippen LogP contribution in [0.3, 0.4) is 0 Å². The van der Waals surface area contributed by atoms with Gasteiger partial charge >= 0.3 is 0 Å². The predicted octanol–water partition coefficient (Wildman–Crippen LogP) is 2.86. The molecular formula is C17H16N4O3. The Morgan fingerprint density at radius 3 is 2.71 bits per heavy atom. The number of hydrogen-bond donors (Lipinski definition) is 0. The second kappa shape index (κ2) is 7.36. The highest BCUT2D eigenvalue weighted by Crippen LogP contribution is 2.26. The zero-order valence-electron chi connectivity index (χ0n) is 12.9. The second-order valence-electron chi connectivity index (χ2n) is 5.22. The number of nitro groups is 1. The third-order valence-electron chi connectivity index (χ3n) is 3.54. The van der Waals surface area contributed by atoms with E-state index in [1.807, 2.05) is 30.3 Å². The van der Waals surface area contributed by atoms with Crippen molar-refractivity contribution in [1.29, 1.82) is 0 Å². The molecule has 7 heteroatoms. The molecule has 0 atom stereocenters.